The molecule has 0 spiro atoms. The molecule has 0 aliphatic carbocycles. The molecule has 13 heteroatoms. The van der Waals surface area contributed by atoms with Crippen LogP contribution in [0.3, 0.4) is 0 Å². The molecule has 0 fully saturated rings. The van der Waals surface area contributed by atoms with Crippen LogP contribution in [0.4, 0.5) is 15.8 Å². The van der Waals surface area contributed by atoms with Crippen molar-refractivity contribution in [2.75, 3.05) is 29.9 Å². The lowest BCUT2D eigenvalue weighted by atomic mass is 10.2. The van der Waals surface area contributed by atoms with Gasteiger partial charge in [0.15, 0.2) is 18.1 Å². The smallest absolute Gasteiger partial charge is 0.340 e. The van der Waals surface area contributed by atoms with Crippen molar-refractivity contribution in [3.63, 3.8) is 0 Å². The zero-order chi connectivity index (χ0) is 25.9. The highest BCUT2D eigenvalue weighted by Crippen LogP contribution is 2.33. The minimum atomic E-state index is -4.28. The average molecular weight is 555 g/mol. The monoisotopic (exact) mass is 554 g/mol. The molecule has 4 rings (SSSR count). The highest BCUT2D eigenvalue weighted by Gasteiger charge is 2.24. The van der Waals surface area contributed by atoms with Gasteiger partial charge in [-0.3, -0.25) is 9.52 Å². The van der Waals surface area contributed by atoms with E-state index >= 15 is 0 Å². The number of hydrogen-bond acceptors (Lipinski definition) is 7. The molecule has 0 saturated heterocycles. The summed E-state index contributed by atoms with van der Waals surface area (Å²) in [6.45, 7) is 0.121. The predicted molar refractivity (Wildman–Crippen MR) is 130 cm³/mol. The van der Waals surface area contributed by atoms with Crippen LogP contribution in [0.5, 0.6) is 11.5 Å². The molecule has 0 radical (unpaired) electrons. The summed E-state index contributed by atoms with van der Waals surface area (Å²) in [6, 6.07) is 11.3. The van der Waals surface area contributed by atoms with E-state index in [9.17, 15) is 22.4 Å². The summed E-state index contributed by atoms with van der Waals surface area (Å²) >= 11 is 12.1. The second-order valence-corrected chi connectivity index (χ2v) is 9.82. The molecular weight excluding hydrogens is 538 g/mol. The first-order chi connectivity index (χ1) is 17.1. The molecule has 9 nitrogen and oxygen atoms in total. The van der Waals surface area contributed by atoms with Crippen LogP contribution in [0.25, 0.3) is 0 Å². The molecule has 0 atom stereocenters. The van der Waals surface area contributed by atoms with Crippen molar-refractivity contribution >= 4 is 56.5 Å². The zero-order valence-electron chi connectivity index (χ0n) is 18.2. The Labute approximate surface area is 215 Å². The van der Waals surface area contributed by atoms with Crippen molar-refractivity contribution in [2.24, 2.45) is 0 Å². The van der Waals surface area contributed by atoms with Gasteiger partial charge in [0, 0.05) is 17.4 Å². The first-order valence-electron chi connectivity index (χ1n) is 10.3. The molecule has 36 heavy (non-hydrogen) atoms. The maximum atomic E-state index is 13.1. The third-order valence-corrected chi connectivity index (χ3v) is 6.95. The predicted octanol–water partition coefficient (Wildman–Crippen LogP) is 4.50. The van der Waals surface area contributed by atoms with Gasteiger partial charge in [-0.15, -0.1) is 0 Å². The summed E-state index contributed by atoms with van der Waals surface area (Å²) in [6.07, 6.45) is 0. The number of hydrogen-bond donors (Lipinski definition) is 2. The first-order valence-corrected chi connectivity index (χ1v) is 12.5. The Morgan fingerprint density at radius 3 is 2.31 bits per heavy atom. The van der Waals surface area contributed by atoms with Gasteiger partial charge >= 0.3 is 5.97 Å². The summed E-state index contributed by atoms with van der Waals surface area (Å²) in [5, 5.41) is 2.11. The SMILES string of the molecule is O=C(COC(=O)c1cc(S(=O)(=O)Nc2ccc(F)cc2)c(Cl)cc1Cl)Nc1ccc2c(c1)OCCO2. The summed E-state index contributed by atoms with van der Waals surface area (Å²) in [5.74, 6) is -1.25. The lowest BCUT2D eigenvalue weighted by molar-refractivity contribution is -0.119. The number of ether oxygens (including phenoxy) is 3. The van der Waals surface area contributed by atoms with E-state index in [1.807, 2.05) is 0 Å². The molecule has 0 aromatic heterocycles. The highest BCUT2D eigenvalue weighted by molar-refractivity contribution is 7.92. The maximum absolute atomic E-state index is 13.1. The van der Waals surface area contributed by atoms with E-state index in [1.54, 1.807) is 18.2 Å². The van der Waals surface area contributed by atoms with Gasteiger partial charge in [-0.2, -0.15) is 0 Å². The fourth-order valence-electron chi connectivity index (χ4n) is 3.15. The number of amides is 1. The van der Waals surface area contributed by atoms with E-state index in [2.05, 4.69) is 10.0 Å². The molecule has 0 unspecified atom stereocenters. The summed E-state index contributed by atoms with van der Waals surface area (Å²) in [7, 11) is -4.28. The van der Waals surface area contributed by atoms with E-state index in [4.69, 9.17) is 37.4 Å². The Balaban J connectivity index is 1.44. The van der Waals surface area contributed by atoms with Gasteiger partial charge < -0.3 is 19.5 Å². The lowest BCUT2D eigenvalue weighted by Crippen LogP contribution is -2.22. The Morgan fingerprint density at radius 2 is 1.58 bits per heavy atom. The van der Waals surface area contributed by atoms with Crippen molar-refractivity contribution in [2.45, 2.75) is 4.90 Å². The van der Waals surface area contributed by atoms with E-state index in [0.29, 0.717) is 30.4 Å². The highest BCUT2D eigenvalue weighted by atomic mass is 35.5. The molecule has 2 N–H and O–H groups in total. The molecule has 0 saturated carbocycles. The standard InChI is InChI=1S/C23H17Cl2FN2O7S/c24-17-11-18(25)21(36(31,32)28-14-3-1-13(26)2-4-14)10-16(17)23(30)35-12-22(29)27-15-5-6-19-20(9-15)34-8-7-33-19/h1-6,9-11,28H,7-8,12H2,(H,27,29). The zero-order valence-corrected chi connectivity index (χ0v) is 20.5. The number of carbonyl (C=O) groups is 2. The van der Waals surface area contributed by atoms with Crippen LogP contribution in [-0.2, 0) is 19.6 Å². The van der Waals surface area contributed by atoms with Gasteiger partial charge in [0.05, 0.1) is 15.6 Å². The topological polar surface area (TPSA) is 120 Å². The maximum Gasteiger partial charge on any atom is 0.340 e. The molecule has 0 bridgehead atoms. The summed E-state index contributed by atoms with van der Waals surface area (Å²) in [4.78, 5) is 24.4. The van der Waals surface area contributed by atoms with Crippen molar-refractivity contribution in [1.82, 2.24) is 0 Å². The Morgan fingerprint density at radius 1 is 0.917 bits per heavy atom. The lowest BCUT2D eigenvalue weighted by Gasteiger charge is -2.19. The Hall–Kier alpha value is -3.54. The van der Waals surface area contributed by atoms with Gasteiger partial charge in [-0.1, -0.05) is 23.2 Å². The fourth-order valence-corrected chi connectivity index (χ4v) is 5.06. The molecular formula is C23H17Cl2FN2O7S. The minimum absolute atomic E-state index is 0.0716. The number of rotatable bonds is 7. The third kappa shape index (κ3) is 5.99. The van der Waals surface area contributed by atoms with Crippen LogP contribution in [0.2, 0.25) is 10.0 Å². The van der Waals surface area contributed by atoms with Crippen molar-refractivity contribution in [1.29, 1.82) is 0 Å². The minimum Gasteiger partial charge on any atom is -0.486 e. The summed E-state index contributed by atoms with van der Waals surface area (Å²) in [5.41, 5.74) is 0.139. The number of halogens is 3. The fraction of sp³-hybridized carbons (Fsp3) is 0.130. The van der Waals surface area contributed by atoms with E-state index in [0.717, 1.165) is 24.3 Å². The average Bonchev–Trinajstić information content (AvgIpc) is 2.83. The van der Waals surface area contributed by atoms with Gasteiger partial charge in [0.2, 0.25) is 0 Å². The number of sulfonamides is 1. The quantitative estimate of drug-likeness (QED) is 0.412. The number of benzene rings is 3. The van der Waals surface area contributed by atoms with Gasteiger partial charge in [0.1, 0.15) is 23.9 Å². The summed E-state index contributed by atoms with van der Waals surface area (Å²) < 4.78 is 56.8. The van der Waals surface area contributed by atoms with E-state index in [-0.39, 0.29) is 21.3 Å². The van der Waals surface area contributed by atoms with Crippen molar-refractivity contribution < 1.29 is 36.6 Å². The van der Waals surface area contributed by atoms with Gasteiger partial charge in [-0.05, 0) is 48.5 Å². The third-order valence-electron chi connectivity index (χ3n) is 4.79. The van der Waals surface area contributed by atoms with Gasteiger partial charge in [-0.25, -0.2) is 17.6 Å². The molecule has 3 aromatic rings. The van der Waals surface area contributed by atoms with E-state index in [1.165, 1.54) is 12.1 Å². The number of esters is 1. The van der Waals surface area contributed by atoms with Crippen molar-refractivity contribution in [3.05, 3.63) is 76.0 Å². The van der Waals surface area contributed by atoms with Crippen LogP contribution >= 0.6 is 23.2 Å². The van der Waals surface area contributed by atoms with Crippen LogP contribution in [0.15, 0.2) is 59.5 Å². The normalized spacial score (nSPS) is 12.5. The van der Waals surface area contributed by atoms with Crippen molar-refractivity contribution in [3.8, 4) is 11.5 Å². The second-order valence-electron chi connectivity index (χ2n) is 7.36. The number of nitrogens with one attached hydrogen (secondary N) is 2. The molecule has 1 amide bonds. The largest absolute Gasteiger partial charge is 0.486 e. The number of fused-ring (bicyclic) bond motifs is 1. The number of carbonyl (C=O) groups excluding carboxylic acids is 2. The Bertz CT molecular complexity index is 1430. The molecule has 1 aliphatic rings. The van der Waals surface area contributed by atoms with Crippen LogP contribution in [0, 0.1) is 5.82 Å². The van der Waals surface area contributed by atoms with Gasteiger partial charge in [0.25, 0.3) is 15.9 Å². The van der Waals surface area contributed by atoms with E-state index < -0.39 is 39.2 Å². The first kappa shape index (κ1) is 25.5. The van der Waals surface area contributed by atoms with Crippen LogP contribution in [0.1, 0.15) is 10.4 Å². The molecule has 1 aliphatic heterocycles. The van der Waals surface area contributed by atoms with Crippen LogP contribution < -0.4 is 19.5 Å². The molecule has 188 valence electrons. The van der Waals surface area contributed by atoms with Crippen LogP contribution in [-0.4, -0.2) is 40.1 Å². The Kier molecular flexibility index (Phi) is 7.53. The molecule has 1 heterocycles. The number of anilines is 2. The molecule has 3 aromatic carbocycles. The second kappa shape index (κ2) is 10.6.